The Balaban J connectivity index is 1.81. The van der Waals surface area contributed by atoms with Gasteiger partial charge >= 0.3 is 5.97 Å². The van der Waals surface area contributed by atoms with Gasteiger partial charge in [-0.05, 0) is 25.5 Å². The molecule has 112 valence electrons. The highest BCUT2D eigenvalue weighted by Crippen LogP contribution is 2.00. The third-order valence-electron chi connectivity index (χ3n) is 3.00. The van der Waals surface area contributed by atoms with E-state index in [0.29, 0.717) is 13.1 Å². The molecule has 2 aromatic rings. The second kappa shape index (κ2) is 6.69. The third kappa shape index (κ3) is 3.91. The van der Waals surface area contributed by atoms with Crippen LogP contribution in [0.15, 0.2) is 24.5 Å². The second-order valence-corrected chi connectivity index (χ2v) is 4.57. The summed E-state index contributed by atoms with van der Waals surface area (Å²) in [6, 6.07) is 3.42. The monoisotopic (exact) mass is 291 g/mol. The van der Waals surface area contributed by atoms with Crippen LogP contribution in [0.5, 0.6) is 0 Å². The van der Waals surface area contributed by atoms with Crippen molar-refractivity contribution >= 4 is 11.9 Å². The summed E-state index contributed by atoms with van der Waals surface area (Å²) in [6.45, 7) is 2.84. The van der Waals surface area contributed by atoms with Crippen molar-refractivity contribution in [2.45, 2.75) is 26.4 Å². The number of carbonyl (C=O) groups is 2. The maximum absolute atomic E-state index is 11.9. The quantitative estimate of drug-likeness (QED) is 0.714. The highest BCUT2D eigenvalue weighted by molar-refractivity contribution is 5.92. The molecule has 0 unspecified atom stereocenters. The molecule has 8 nitrogen and oxygen atoms in total. The molecule has 2 heterocycles. The van der Waals surface area contributed by atoms with Gasteiger partial charge in [-0.15, -0.1) is 0 Å². The number of hydrogen-bond donors (Lipinski definition) is 2. The number of rotatable bonds is 7. The Bertz CT molecular complexity index is 631. The first-order chi connectivity index (χ1) is 10.1. The van der Waals surface area contributed by atoms with Gasteiger partial charge in [0, 0.05) is 31.2 Å². The van der Waals surface area contributed by atoms with Crippen LogP contribution in [0.3, 0.4) is 0 Å². The van der Waals surface area contributed by atoms with Crippen molar-refractivity contribution in [2.24, 2.45) is 0 Å². The first kappa shape index (κ1) is 14.8. The van der Waals surface area contributed by atoms with Gasteiger partial charge in [0.2, 0.25) is 0 Å². The van der Waals surface area contributed by atoms with E-state index in [4.69, 9.17) is 5.11 Å². The number of hydrogen-bond acceptors (Lipinski definition) is 4. The number of carboxylic acid groups (broad SMARTS) is 1. The summed E-state index contributed by atoms with van der Waals surface area (Å²) in [4.78, 5) is 22.6. The molecule has 0 bridgehead atoms. The maximum atomic E-state index is 11.9. The Morgan fingerprint density at radius 3 is 2.62 bits per heavy atom. The number of aliphatic carboxylic acids is 1. The highest BCUT2D eigenvalue weighted by atomic mass is 16.4. The summed E-state index contributed by atoms with van der Waals surface area (Å²) in [5, 5.41) is 19.5. The largest absolute Gasteiger partial charge is 0.480 e. The molecule has 0 atom stereocenters. The van der Waals surface area contributed by atoms with Gasteiger partial charge in [0.05, 0.1) is 0 Å². The van der Waals surface area contributed by atoms with E-state index >= 15 is 0 Å². The van der Waals surface area contributed by atoms with Crippen molar-refractivity contribution in [1.29, 1.82) is 0 Å². The van der Waals surface area contributed by atoms with Gasteiger partial charge in [-0.2, -0.15) is 10.2 Å². The van der Waals surface area contributed by atoms with E-state index < -0.39 is 5.97 Å². The molecule has 2 N–H and O–H groups in total. The lowest BCUT2D eigenvalue weighted by Gasteiger charge is -2.07. The standard InChI is InChI=1S/C13H17N5O3/c1-10-3-6-15-17(10)8-2-5-14-13(21)11-4-7-16-18(11)9-12(19)20/h3-4,6-7H,2,5,8-9H2,1H3,(H,14,21)(H,19,20). The maximum Gasteiger partial charge on any atom is 0.325 e. The Labute approximate surface area is 121 Å². The summed E-state index contributed by atoms with van der Waals surface area (Å²) in [5.41, 5.74) is 1.31. The Morgan fingerprint density at radius 1 is 1.24 bits per heavy atom. The minimum atomic E-state index is -1.04. The van der Waals surface area contributed by atoms with E-state index in [2.05, 4.69) is 15.5 Å². The molecule has 8 heteroatoms. The van der Waals surface area contributed by atoms with Crippen molar-refractivity contribution in [3.8, 4) is 0 Å². The van der Waals surface area contributed by atoms with E-state index in [-0.39, 0.29) is 18.1 Å². The normalized spacial score (nSPS) is 10.5. The molecule has 0 radical (unpaired) electrons. The van der Waals surface area contributed by atoms with E-state index in [1.54, 1.807) is 6.20 Å². The number of aryl methyl sites for hydroxylation is 2. The summed E-state index contributed by atoms with van der Waals surface area (Å²) >= 11 is 0. The summed E-state index contributed by atoms with van der Waals surface area (Å²) in [5.74, 6) is -1.37. The van der Waals surface area contributed by atoms with E-state index in [0.717, 1.165) is 16.8 Å². The van der Waals surface area contributed by atoms with Crippen LogP contribution < -0.4 is 5.32 Å². The first-order valence-electron chi connectivity index (χ1n) is 6.58. The predicted octanol–water partition coefficient (Wildman–Crippen LogP) is 0.293. The van der Waals surface area contributed by atoms with Crippen LogP contribution in [0.25, 0.3) is 0 Å². The predicted molar refractivity (Wildman–Crippen MR) is 73.8 cm³/mol. The fourth-order valence-corrected chi connectivity index (χ4v) is 1.93. The number of nitrogens with zero attached hydrogens (tertiary/aromatic N) is 4. The first-order valence-corrected chi connectivity index (χ1v) is 6.58. The Morgan fingerprint density at radius 2 is 1.95 bits per heavy atom. The van der Waals surface area contributed by atoms with Crippen LogP contribution in [-0.4, -0.2) is 43.1 Å². The topological polar surface area (TPSA) is 102 Å². The van der Waals surface area contributed by atoms with Crippen molar-refractivity contribution in [3.63, 3.8) is 0 Å². The minimum absolute atomic E-state index is 0.243. The van der Waals surface area contributed by atoms with Gasteiger partial charge in [0.1, 0.15) is 12.2 Å². The zero-order chi connectivity index (χ0) is 15.2. The van der Waals surface area contributed by atoms with Gasteiger partial charge in [-0.1, -0.05) is 0 Å². The molecule has 0 saturated carbocycles. The minimum Gasteiger partial charge on any atom is -0.480 e. The van der Waals surface area contributed by atoms with Crippen LogP contribution >= 0.6 is 0 Å². The lowest BCUT2D eigenvalue weighted by Crippen LogP contribution is -2.28. The summed E-state index contributed by atoms with van der Waals surface area (Å²) < 4.78 is 3.02. The SMILES string of the molecule is Cc1ccnn1CCCNC(=O)c1ccnn1CC(=O)O. The molecule has 1 amide bonds. The fourth-order valence-electron chi connectivity index (χ4n) is 1.93. The molecule has 2 rings (SSSR count). The van der Waals surface area contributed by atoms with Crippen LogP contribution in [0, 0.1) is 6.92 Å². The number of carbonyl (C=O) groups excluding carboxylic acids is 1. The van der Waals surface area contributed by atoms with Crippen molar-refractivity contribution in [3.05, 3.63) is 35.9 Å². The molecule has 21 heavy (non-hydrogen) atoms. The van der Waals surface area contributed by atoms with Crippen LogP contribution in [0.1, 0.15) is 22.6 Å². The molecular weight excluding hydrogens is 274 g/mol. The highest BCUT2D eigenvalue weighted by Gasteiger charge is 2.13. The van der Waals surface area contributed by atoms with Crippen LogP contribution in [-0.2, 0) is 17.9 Å². The van der Waals surface area contributed by atoms with Gasteiger partial charge in [0.15, 0.2) is 0 Å². The van der Waals surface area contributed by atoms with E-state index in [9.17, 15) is 9.59 Å². The molecule has 0 fully saturated rings. The van der Waals surface area contributed by atoms with Gasteiger partial charge in [0.25, 0.3) is 5.91 Å². The van der Waals surface area contributed by atoms with Crippen LogP contribution in [0.4, 0.5) is 0 Å². The Hall–Kier alpha value is -2.64. The third-order valence-corrected chi connectivity index (χ3v) is 3.00. The Kier molecular flexibility index (Phi) is 4.70. The van der Waals surface area contributed by atoms with Gasteiger partial charge < -0.3 is 10.4 Å². The fraction of sp³-hybridized carbons (Fsp3) is 0.385. The second-order valence-electron chi connectivity index (χ2n) is 4.57. The molecule has 0 saturated heterocycles. The van der Waals surface area contributed by atoms with Gasteiger partial charge in [-0.3, -0.25) is 14.3 Å². The smallest absolute Gasteiger partial charge is 0.325 e. The average molecular weight is 291 g/mol. The number of amides is 1. The van der Waals surface area contributed by atoms with Gasteiger partial charge in [-0.25, -0.2) is 4.68 Å². The lowest BCUT2D eigenvalue weighted by atomic mass is 10.3. The molecular formula is C13H17N5O3. The average Bonchev–Trinajstić information content (AvgIpc) is 3.03. The molecule has 0 aliphatic rings. The molecule has 0 aliphatic carbocycles. The number of aromatic nitrogens is 4. The van der Waals surface area contributed by atoms with E-state index in [1.165, 1.54) is 12.3 Å². The van der Waals surface area contributed by atoms with E-state index in [1.807, 2.05) is 17.7 Å². The molecule has 0 spiro atoms. The van der Waals surface area contributed by atoms with Crippen molar-refractivity contribution in [1.82, 2.24) is 24.9 Å². The number of carboxylic acids is 1. The zero-order valence-electron chi connectivity index (χ0n) is 11.7. The van der Waals surface area contributed by atoms with Crippen molar-refractivity contribution < 1.29 is 14.7 Å². The lowest BCUT2D eigenvalue weighted by molar-refractivity contribution is -0.137. The zero-order valence-corrected chi connectivity index (χ0v) is 11.7. The molecule has 2 aromatic heterocycles. The summed E-state index contributed by atoms with van der Waals surface area (Å²) in [6.07, 6.45) is 3.88. The van der Waals surface area contributed by atoms with Crippen molar-refractivity contribution in [2.75, 3.05) is 6.54 Å². The molecule has 0 aromatic carbocycles. The number of nitrogens with one attached hydrogen (secondary N) is 1. The molecule has 0 aliphatic heterocycles. The summed E-state index contributed by atoms with van der Waals surface area (Å²) in [7, 11) is 0. The van der Waals surface area contributed by atoms with Crippen LogP contribution in [0.2, 0.25) is 0 Å².